The summed E-state index contributed by atoms with van der Waals surface area (Å²) in [5.41, 5.74) is -0.469. The number of aryl methyl sites for hydroxylation is 1. The fourth-order valence-corrected chi connectivity index (χ4v) is 5.98. The first-order chi connectivity index (χ1) is 21.8. The summed E-state index contributed by atoms with van der Waals surface area (Å²) in [5, 5.41) is 1.88. The van der Waals surface area contributed by atoms with Crippen LogP contribution in [0.3, 0.4) is 0 Å². The molecule has 1 aliphatic heterocycles. The fourth-order valence-electron chi connectivity index (χ4n) is 5.14. The van der Waals surface area contributed by atoms with Gasteiger partial charge in [-0.25, -0.2) is 19.2 Å². The Labute approximate surface area is 259 Å². The van der Waals surface area contributed by atoms with Crippen molar-refractivity contribution in [3.05, 3.63) is 139 Å². The average Bonchev–Trinajstić information content (AvgIpc) is 3.61. The van der Waals surface area contributed by atoms with E-state index in [4.69, 9.17) is 18.9 Å². The Balaban J connectivity index is 1.43. The molecule has 4 atom stereocenters. The molecule has 3 aromatic carbocycles. The Morgan fingerprint density at radius 3 is 1.84 bits per heavy atom. The quantitative estimate of drug-likeness (QED) is 0.197. The summed E-state index contributed by atoms with van der Waals surface area (Å²) in [7, 11) is 0. The molecule has 6 rings (SSSR count). The summed E-state index contributed by atoms with van der Waals surface area (Å²) in [4.78, 5) is 68.6. The minimum Gasteiger partial charge on any atom is -0.459 e. The van der Waals surface area contributed by atoms with E-state index in [-0.39, 0.29) is 27.6 Å². The van der Waals surface area contributed by atoms with Crippen molar-refractivity contribution < 1.29 is 33.3 Å². The highest BCUT2D eigenvalue weighted by Crippen LogP contribution is 2.37. The zero-order valence-corrected chi connectivity index (χ0v) is 24.6. The number of H-pyrrole nitrogens is 1. The smallest absolute Gasteiger partial charge is 0.338 e. The van der Waals surface area contributed by atoms with Gasteiger partial charge >= 0.3 is 23.6 Å². The number of nitrogens with zero attached hydrogens (tertiary/aromatic N) is 1. The van der Waals surface area contributed by atoms with Crippen molar-refractivity contribution in [2.24, 2.45) is 0 Å². The lowest BCUT2D eigenvalue weighted by molar-refractivity contribution is -0.0620. The molecule has 12 heteroatoms. The molecular weight excluding hydrogens is 600 g/mol. The maximum Gasteiger partial charge on any atom is 0.338 e. The first kappa shape index (κ1) is 29.7. The highest BCUT2D eigenvalue weighted by atomic mass is 32.1. The maximum atomic E-state index is 13.4. The summed E-state index contributed by atoms with van der Waals surface area (Å²) in [6.45, 7) is 1.32. The van der Waals surface area contributed by atoms with Crippen LogP contribution in [0.2, 0.25) is 0 Å². The minimum atomic E-state index is -1.40. The lowest BCUT2D eigenvalue weighted by Gasteiger charge is -2.25. The molecule has 0 radical (unpaired) electrons. The molecule has 0 unspecified atom stereocenters. The Morgan fingerprint density at radius 1 is 0.778 bits per heavy atom. The molecule has 0 amide bonds. The second-order valence-corrected chi connectivity index (χ2v) is 11.3. The third-order valence-corrected chi connectivity index (χ3v) is 8.21. The number of hydrogen-bond donors (Lipinski definition) is 1. The largest absolute Gasteiger partial charge is 0.459 e. The normalized spacial score (nSPS) is 19.2. The molecule has 45 heavy (non-hydrogen) atoms. The van der Waals surface area contributed by atoms with E-state index in [1.54, 1.807) is 103 Å². The van der Waals surface area contributed by atoms with E-state index in [2.05, 4.69) is 4.98 Å². The number of carbonyl (C=O) groups is 3. The number of aromatic amines is 1. The van der Waals surface area contributed by atoms with Gasteiger partial charge in [-0.3, -0.25) is 14.3 Å². The van der Waals surface area contributed by atoms with Gasteiger partial charge in [-0.15, -0.1) is 11.3 Å². The highest BCUT2D eigenvalue weighted by molar-refractivity contribution is 7.11. The lowest BCUT2D eigenvalue weighted by Crippen LogP contribution is -2.43. The van der Waals surface area contributed by atoms with E-state index in [1.165, 1.54) is 11.3 Å². The zero-order chi connectivity index (χ0) is 31.5. The van der Waals surface area contributed by atoms with Gasteiger partial charge in [0, 0.05) is 10.3 Å². The van der Waals surface area contributed by atoms with Gasteiger partial charge in [-0.05, 0) is 43.3 Å². The molecule has 1 aliphatic rings. The van der Waals surface area contributed by atoms with Gasteiger partial charge in [0.25, 0.3) is 5.56 Å². The van der Waals surface area contributed by atoms with Gasteiger partial charge in [0.1, 0.15) is 12.7 Å². The van der Waals surface area contributed by atoms with Crippen molar-refractivity contribution in [1.29, 1.82) is 0 Å². The minimum absolute atomic E-state index is 0.202. The van der Waals surface area contributed by atoms with Crippen LogP contribution in [-0.4, -0.2) is 52.4 Å². The van der Waals surface area contributed by atoms with Gasteiger partial charge in [0.05, 0.1) is 27.6 Å². The molecule has 1 fully saturated rings. The molecular formula is C33H26N2O9S. The molecule has 3 heterocycles. The van der Waals surface area contributed by atoms with Crippen molar-refractivity contribution in [2.45, 2.75) is 31.5 Å². The van der Waals surface area contributed by atoms with E-state index in [1.807, 2.05) is 0 Å². The molecule has 1 N–H and O–H groups in total. The standard InChI is InChI=1S/C33H26N2O9S/c1-19-25-23(18-45-19)35(33(40)34-28(25)36)29-27(44-32(39)22-15-9-4-10-16-22)26(43-31(38)21-13-7-3-8-14-21)24(42-29)17-41-30(37)20-11-5-2-6-12-20/h2-16,18,24,26-27,29H,17H2,1H3,(H,34,36,40)/t24-,26-,27-,29-/m1/s1. The molecule has 0 saturated carbocycles. The number of benzene rings is 3. The van der Waals surface area contributed by atoms with Crippen molar-refractivity contribution in [3.63, 3.8) is 0 Å². The van der Waals surface area contributed by atoms with E-state index in [0.717, 1.165) is 4.57 Å². The number of fused-ring (bicyclic) bond motifs is 1. The first-order valence-electron chi connectivity index (χ1n) is 13.9. The monoisotopic (exact) mass is 626 g/mol. The third-order valence-electron chi connectivity index (χ3n) is 7.31. The lowest BCUT2D eigenvalue weighted by atomic mass is 10.1. The molecule has 1 saturated heterocycles. The van der Waals surface area contributed by atoms with Crippen molar-refractivity contribution >= 4 is 40.1 Å². The average molecular weight is 627 g/mol. The first-order valence-corrected chi connectivity index (χ1v) is 14.8. The van der Waals surface area contributed by atoms with Gasteiger partial charge in [-0.1, -0.05) is 54.6 Å². The number of hydrogen-bond acceptors (Lipinski definition) is 10. The van der Waals surface area contributed by atoms with Crippen molar-refractivity contribution in [2.75, 3.05) is 6.61 Å². The Bertz CT molecular complexity index is 1970. The zero-order valence-electron chi connectivity index (χ0n) is 23.8. The number of aromatic nitrogens is 2. The Morgan fingerprint density at radius 2 is 1.29 bits per heavy atom. The van der Waals surface area contributed by atoms with Crippen LogP contribution >= 0.6 is 11.3 Å². The molecule has 0 aliphatic carbocycles. The molecule has 11 nitrogen and oxygen atoms in total. The van der Waals surface area contributed by atoms with Crippen LogP contribution in [0.25, 0.3) is 10.9 Å². The predicted molar refractivity (Wildman–Crippen MR) is 163 cm³/mol. The van der Waals surface area contributed by atoms with E-state index >= 15 is 0 Å². The summed E-state index contributed by atoms with van der Waals surface area (Å²) in [6.07, 6.45) is -5.31. The van der Waals surface area contributed by atoms with Crippen LogP contribution in [0.4, 0.5) is 0 Å². The summed E-state index contributed by atoms with van der Waals surface area (Å²) < 4.78 is 24.9. The van der Waals surface area contributed by atoms with Crippen LogP contribution in [0, 0.1) is 6.92 Å². The molecule has 5 aromatic rings. The SMILES string of the molecule is Cc1scc2c1c(=O)[nH]c(=O)n2[C@@H]1O[C@H](COC(=O)c2ccccc2)[C@@H](OC(=O)c2ccccc2)[C@H]1OC(=O)c1ccccc1. The van der Waals surface area contributed by atoms with E-state index in [0.29, 0.717) is 4.88 Å². The van der Waals surface area contributed by atoms with Gasteiger partial charge < -0.3 is 18.9 Å². The third kappa shape index (κ3) is 6.06. The molecule has 228 valence electrons. The van der Waals surface area contributed by atoms with Gasteiger partial charge in [-0.2, -0.15) is 0 Å². The second kappa shape index (κ2) is 12.7. The predicted octanol–water partition coefficient (Wildman–Crippen LogP) is 4.27. The number of ether oxygens (including phenoxy) is 4. The summed E-state index contributed by atoms with van der Waals surface area (Å²) in [5.74, 6) is -2.19. The topological polar surface area (TPSA) is 143 Å². The van der Waals surface area contributed by atoms with Crippen LogP contribution in [0.5, 0.6) is 0 Å². The molecule has 2 aromatic heterocycles. The summed E-state index contributed by atoms with van der Waals surface area (Å²) in [6, 6.07) is 24.5. The van der Waals surface area contributed by atoms with Gasteiger partial charge in [0.2, 0.25) is 0 Å². The van der Waals surface area contributed by atoms with Crippen LogP contribution in [-0.2, 0) is 18.9 Å². The van der Waals surface area contributed by atoms with Gasteiger partial charge in [0.15, 0.2) is 18.4 Å². The highest BCUT2D eigenvalue weighted by Gasteiger charge is 2.52. The maximum absolute atomic E-state index is 13.4. The molecule has 0 spiro atoms. The number of thiophene rings is 1. The second-order valence-electron chi connectivity index (χ2n) is 10.2. The fraction of sp³-hybridized carbons (Fsp3) is 0.182. The van der Waals surface area contributed by atoms with Crippen molar-refractivity contribution in [3.8, 4) is 0 Å². The number of carbonyl (C=O) groups excluding carboxylic acids is 3. The van der Waals surface area contributed by atoms with Crippen LogP contribution in [0.1, 0.15) is 42.2 Å². The van der Waals surface area contributed by atoms with Crippen LogP contribution < -0.4 is 11.2 Å². The number of rotatable bonds is 8. The Hall–Kier alpha value is -5.33. The number of nitrogens with one attached hydrogen (secondary N) is 1. The number of esters is 3. The van der Waals surface area contributed by atoms with Crippen molar-refractivity contribution in [1.82, 2.24) is 9.55 Å². The Kier molecular flexibility index (Phi) is 8.41. The molecule has 0 bridgehead atoms. The van der Waals surface area contributed by atoms with Crippen LogP contribution in [0.15, 0.2) is 106 Å². The van der Waals surface area contributed by atoms with E-state index in [9.17, 15) is 24.0 Å². The summed E-state index contributed by atoms with van der Waals surface area (Å²) >= 11 is 1.25. The van der Waals surface area contributed by atoms with E-state index < -0.39 is 60.3 Å².